The molecule has 5 rings (SSSR count). The van der Waals surface area contributed by atoms with Gasteiger partial charge in [0.15, 0.2) is 0 Å². The summed E-state index contributed by atoms with van der Waals surface area (Å²) in [5.74, 6) is 0.563. The zero-order valence-electron chi connectivity index (χ0n) is 19.9. The van der Waals surface area contributed by atoms with Gasteiger partial charge in [0.2, 0.25) is 11.9 Å². The largest absolute Gasteiger partial charge is 0.416 e. The Bertz CT molecular complexity index is 1240. The molecule has 35 heavy (non-hydrogen) atoms. The van der Waals surface area contributed by atoms with E-state index in [9.17, 15) is 18.0 Å². The Balaban J connectivity index is 1.46. The second-order valence-electron chi connectivity index (χ2n) is 9.55. The number of hydrogen-bond acceptors (Lipinski definition) is 4. The van der Waals surface area contributed by atoms with E-state index in [4.69, 9.17) is 9.72 Å². The van der Waals surface area contributed by atoms with Gasteiger partial charge >= 0.3 is 6.18 Å². The van der Waals surface area contributed by atoms with Gasteiger partial charge in [0.05, 0.1) is 29.2 Å². The Morgan fingerprint density at radius 2 is 1.83 bits per heavy atom. The van der Waals surface area contributed by atoms with Crippen LogP contribution in [-0.2, 0) is 15.7 Å². The molecule has 9 heteroatoms. The molecule has 3 aromatic rings. The molecule has 0 bridgehead atoms. The first-order chi connectivity index (χ1) is 16.7. The van der Waals surface area contributed by atoms with Gasteiger partial charge in [-0.15, -0.1) is 0 Å². The molecule has 2 saturated heterocycles. The van der Waals surface area contributed by atoms with Crippen molar-refractivity contribution < 1.29 is 22.7 Å². The summed E-state index contributed by atoms with van der Waals surface area (Å²) in [4.78, 5) is 19.6. The van der Waals surface area contributed by atoms with E-state index in [0.717, 1.165) is 34.6 Å². The first-order valence-electron chi connectivity index (χ1n) is 12.0. The first-order valence-corrected chi connectivity index (χ1v) is 12.0. The molecule has 0 unspecified atom stereocenters. The predicted molar refractivity (Wildman–Crippen MR) is 128 cm³/mol. The van der Waals surface area contributed by atoms with Gasteiger partial charge in [-0.2, -0.15) is 13.2 Å². The van der Waals surface area contributed by atoms with Crippen molar-refractivity contribution in [2.45, 2.75) is 45.3 Å². The number of aromatic nitrogens is 2. The third-order valence-corrected chi connectivity index (χ3v) is 7.11. The van der Waals surface area contributed by atoms with Crippen molar-refractivity contribution in [1.82, 2.24) is 14.9 Å². The third-order valence-electron chi connectivity index (χ3n) is 7.11. The maximum atomic E-state index is 13.5. The first kappa shape index (κ1) is 23.7. The number of fused-ring (bicyclic) bond motifs is 1. The van der Waals surface area contributed by atoms with Gasteiger partial charge in [-0.25, -0.2) is 4.98 Å². The highest BCUT2D eigenvalue weighted by Crippen LogP contribution is 2.35. The Labute approximate surface area is 202 Å². The lowest BCUT2D eigenvalue weighted by atomic mass is 9.95. The van der Waals surface area contributed by atoms with E-state index in [1.165, 1.54) is 12.1 Å². The lowest BCUT2D eigenvalue weighted by Crippen LogP contribution is -2.44. The molecule has 0 saturated carbocycles. The van der Waals surface area contributed by atoms with Gasteiger partial charge in [-0.1, -0.05) is 6.07 Å². The summed E-state index contributed by atoms with van der Waals surface area (Å²) in [5, 5.41) is 3.08. The lowest BCUT2D eigenvalue weighted by molar-refractivity contribution is -0.137. The van der Waals surface area contributed by atoms with E-state index in [0.29, 0.717) is 50.8 Å². The smallest absolute Gasteiger partial charge is 0.379 e. The SMILES string of the molecule is Cc1cc2nc(N3CCC(C(=O)N[C@@H]4CCOC4)CC3)n(-c3cccc(C(F)(F)F)c3)c2cc1C. The molecule has 2 fully saturated rings. The quantitative estimate of drug-likeness (QED) is 0.577. The van der Waals surface area contributed by atoms with Crippen LogP contribution in [0.3, 0.4) is 0 Å². The molecule has 3 heterocycles. The molecular weight excluding hydrogens is 457 g/mol. The number of amides is 1. The van der Waals surface area contributed by atoms with Gasteiger partial charge in [0, 0.05) is 31.3 Å². The molecule has 2 aliphatic heterocycles. The fourth-order valence-corrected chi connectivity index (χ4v) is 4.92. The number of aryl methyl sites for hydroxylation is 2. The molecule has 1 atom stereocenters. The third kappa shape index (κ3) is 4.74. The van der Waals surface area contributed by atoms with Gasteiger partial charge in [-0.3, -0.25) is 9.36 Å². The Hall–Kier alpha value is -3.07. The van der Waals surface area contributed by atoms with Crippen molar-refractivity contribution in [2.75, 3.05) is 31.2 Å². The number of ether oxygens (including phenoxy) is 1. The second-order valence-corrected chi connectivity index (χ2v) is 9.55. The summed E-state index contributed by atoms with van der Waals surface area (Å²) >= 11 is 0. The van der Waals surface area contributed by atoms with E-state index in [1.54, 1.807) is 6.07 Å². The topological polar surface area (TPSA) is 59.4 Å². The van der Waals surface area contributed by atoms with Crippen molar-refractivity contribution in [2.24, 2.45) is 5.92 Å². The summed E-state index contributed by atoms with van der Waals surface area (Å²) in [6.45, 7) is 6.41. The normalized spacial score (nSPS) is 19.5. The fourth-order valence-electron chi connectivity index (χ4n) is 4.92. The fraction of sp³-hybridized carbons (Fsp3) is 0.462. The average Bonchev–Trinajstić information content (AvgIpc) is 3.47. The lowest BCUT2D eigenvalue weighted by Gasteiger charge is -2.33. The molecule has 0 radical (unpaired) electrons. The maximum absolute atomic E-state index is 13.5. The van der Waals surface area contributed by atoms with Crippen LogP contribution in [0, 0.1) is 19.8 Å². The number of piperidine rings is 1. The zero-order chi connectivity index (χ0) is 24.7. The predicted octanol–water partition coefficient (Wildman–Crippen LogP) is 4.78. The molecule has 6 nitrogen and oxygen atoms in total. The van der Waals surface area contributed by atoms with E-state index < -0.39 is 11.7 Å². The maximum Gasteiger partial charge on any atom is 0.416 e. The van der Waals surface area contributed by atoms with Crippen LogP contribution in [0.4, 0.5) is 19.1 Å². The van der Waals surface area contributed by atoms with Gasteiger partial charge in [0.1, 0.15) is 0 Å². The molecule has 1 aromatic heterocycles. The summed E-state index contributed by atoms with van der Waals surface area (Å²) in [5.41, 5.74) is 3.34. The molecule has 2 aliphatic rings. The number of nitrogens with one attached hydrogen (secondary N) is 1. The summed E-state index contributed by atoms with van der Waals surface area (Å²) in [6.07, 6.45) is -2.29. The van der Waals surface area contributed by atoms with Crippen LogP contribution in [0.5, 0.6) is 0 Å². The number of nitrogens with zero attached hydrogens (tertiary/aromatic N) is 3. The van der Waals surface area contributed by atoms with E-state index in [-0.39, 0.29) is 17.9 Å². The van der Waals surface area contributed by atoms with Crippen LogP contribution in [0.25, 0.3) is 16.7 Å². The monoisotopic (exact) mass is 486 g/mol. The van der Waals surface area contributed by atoms with Crippen molar-refractivity contribution in [3.8, 4) is 5.69 Å². The Kier molecular flexibility index (Phi) is 6.21. The minimum atomic E-state index is -4.44. The molecular formula is C26H29F3N4O2. The van der Waals surface area contributed by atoms with Gasteiger partial charge in [0.25, 0.3) is 0 Å². The van der Waals surface area contributed by atoms with Crippen LogP contribution in [-0.4, -0.2) is 47.8 Å². The molecule has 0 aliphatic carbocycles. The number of imidazole rings is 1. The number of rotatable bonds is 4. The van der Waals surface area contributed by atoms with Crippen molar-refractivity contribution in [3.63, 3.8) is 0 Å². The van der Waals surface area contributed by atoms with Crippen LogP contribution >= 0.6 is 0 Å². The van der Waals surface area contributed by atoms with Crippen LogP contribution in [0.15, 0.2) is 36.4 Å². The van der Waals surface area contributed by atoms with Crippen LogP contribution in [0.2, 0.25) is 0 Å². The number of hydrogen-bond donors (Lipinski definition) is 1. The highest BCUT2D eigenvalue weighted by atomic mass is 19.4. The van der Waals surface area contributed by atoms with Gasteiger partial charge in [-0.05, 0) is 74.6 Å². The average molecular weight is 487 g/mol. The minimum absolute atomic E-state index is 0.0535. The van der Waals surface area contributed by atoms with E-state index in [1.807, 2.05) is 30.5 Å². The zero-order valence-corrected chi connectivity index (χ0v) is 19.9. The molecule has 0 spiro atoms. The number of carbonyl (C=O) groups excluding carboxylic acids is 1. The highest BCUT2D eigenvalue weighted by molar-refractivity contribution is 5.83. The molecule has 2 aromatic carbocycles. The van der Waals surface area contributed by atoms with Gasteiger partial charge < -0.3 is 15.0 Å². The number of halogens is 3. The summed E-state index contributed by atoms with van der Waals surface area (Å²) in [7, 11) is 0. The Morgan fingerprint density at radius 3 is 2.51 bits per heavy atom. The molecule has 1 N–H and O–H groups in total. The summed E-state index contributed by atoms with van der Waals surface area (Å²) in [6, 6.07) is 9.39. The standard InChI is InChI=1S/C26H29F3N4O2/c1-16-12-22-23(13-17(16)2)33(21-5-3-4-19(14-21)26(27,28)29)25(31-22)32-9-6-18(7-10-32)24(34)30-20-8-11-35-15-20/h3-5,12-14,18,20H,6-11,15H2,1-2H3,(H,30,34)/t20-/m1/s1. The van der Waals surface area contributed by atoms with Crippen molar-refractivity contribution >= 4 is 22.9 Å². The van der Waals surface area contributed by atoms with E-state index in [2.05, 4.69) is 10.2 Å². The molecule has 186 valence electrons. The minimum Gasteiger partial charge on any atom is -0.379 e. The van der Waals surface area contributed by atoms with E-state index >= 15 is 0 Å². The Morgan fingerprint density at radius 1 is 1.09 bits per heavy atom. The highest BCUT2D eigenvalue weighted by Gasteiger charge is 2.32. The number of benzene rings is 2. The number of alkyl halides is 3. The van der Waals surface area contributed by atoms with Crippen LogP contribution in [0.1, 0.15) is 36.0 Å². The number of anilines is 1. The molecule has 1 amide bonds. The van der Waals surface area contributed by atoms with Crippen molar-refractivity contribution in [3.05, 3.63) is 53.1 Å². The van der Waals surface area contributed by atoms with Crippen molar-refractivity contribution in [1.29, 1.82) is 0 Å². The number of carbonyl (C=O) groups is 1. The second kappa shape index (κ2) is 9.18. The van der Waals surface area contributed by atoms with Crippen LogP contribution < -0.4 is 10.2 Å². The summed E-state index contributed by atoms with van der Waals surface area (Å²) < 4.78 is 47.6.